The molecule has 0 aliphatic rings. The molecule has 0 N–H and O–H groups in total. The van der Waals surface area contributed by atoms with E-state index in [1.807, 2.05) is 37.3 Å². The lowest BCUT2D eigenvalue weighted by Gasteiger charge is -2.21. The van der Waals surface area contributed by atoms with Gasteiger partial charge in [-0.05, 0) is 36.8 Å². The van der Waals surface area contributed by atoms with Crippen LogP contribution in [0.4, 0.5) is 11.6 Å². The zero-order valence-electron chi connectivity index (χ0n) is 17.1. The van der Waals surface area contributed by atoms with Gasteiger partial charge in [0.1, 0.15) is 5.69 Å². The number of non-ortho nitro benzene ring substituents is 1. The molecule has 32 heavy (non-hydrogen) atoms. The van der Waals surface area contributed by atoms with Gasteiger partial charge in [-0.15, -0.1) is 0 Å². The second kappa shape index (κ2) is 8.64. The lowest BCUT2D eigenvalue weighted by molar-refractivity contribution is -0.384. The smallest absolute Gasteiger partial charge is 0.269 e. The number of rotatable bonds is 7. The summed E-state index contributed by atoms with van der Waals surface area (Å²) in [5.41, 5.74) is 2.60. The molecule has 0 radical (unpaired) electrons. The Bertz CT molecular complexity index is 1330. The third-order valence-electron chi connectivity index (χ3n) is 4.90. The maximum atomic E-state index is 13.5. The summed E-state index contributed by atoms with van der Waals surface area (Å²) in [6, 6.07) is 23.0. The highest BCUT2D eigenvalue weighted by Crippen LogP contribution is 2.30. The van der Waals surface area contributed by atoms with E-state index in [1.54, 1.807) is 24.3 Å². The Morgan fingerprint density at radius 2 is 1.62 bits per heavy atom. The van der Waals surface area contributed by atoms with Gasteiger partial charge < -0.3 is 4.52 Å². The van der Waals surface area contributed by atoms with Crippen molar-refractivity contribution in [2.75, 3.05) is 4.31 Å². The van der Waals surface area contributed by atoms with Gasteiger partial charge in [0.15, 0.2) is 0 Å². The molecule has 0 aliphatic heterocycles. The van der Waals surface area contributed by atoms with E-state index in [9.17, 15) is 18.5 Å². The average Bonchev–Trinajstić information content (AvgIpc) is 3.28. The Morgan fingerprint density at radius 1 is 0.969 bits per heavy atom. The van der Waals surface area contributed by atoms with Gasteiger partial charge in [0.25, 0.3) is 15.7 Å². The Balaban J connectivity index is 1.73. The fourth-order valence-electron chi connectivity index (χ4n) is 3.14. The summed E-state index contributed by atoms with van der Waals surface area (Å²) in [7, 11) is -3.95. The van der Waals surface area contributed by atoms with Crippen LogP contribution >= 0.6 is 0 Å². The van der Waals surface area contributed by atoms with Gasteiger partial charge in [0.2, 0.25) is 5.88 Å². The van der Waals surface area contributed by atoms with Crippen LogP contribution in [0.1, 0.15) is 11.1 Å². The lowest BCUT2D eigenvalue weighted by atomic mass is 10.1. The van der Waals surface area contributed by atoms with Crippen molar-refractivity contribution in [2.45, 2.75) is 18.4 Å². The van der Waals surface area contributed by atoms with Crippen molar-refractivity contribution >= 4 is 21.6 Å². The highest BCUT2D eigenvalue weighted by atomic mass is 32.2. The number of nitro benzene ring substituents is 1. The van der Waals surface area contributed by atoms with E-state index in [-0.39, 0.29) is 23.0 Å². The Morgan fingerprint density at radius 3 is 2.25 bits per heavy atom. The monoisotopic (exact) mass is 449 g/mol. The topological polar surface area (TPSA) is 107 Å². The van der Waals surface area contributed by atoms with E-state index < -0.39 is 14.9 Å². The third-order valence-corrected chi connectivity index (χ3v) is 6.65. The SMILES string of the molecule is Cc1ccc(S(=O)(=O)N(Cc2ccccc2)c2cc(-c3ccc([N+](=O)[O-])cc3)no2)cc1. The second-order valence-electron chi connectivity index (χ2n) is 7.16. The van der Waals surface area contributed by atoms with Gasteiger partial charge in [-0.2, -0.15) is 0 Å². The molecule has 0 bridgehead atoms. The van der Waals surface area contributed by atoms with Gasteiger partial charge >= 0.3 is 0 Å². The fourth-order valence-corrected chi connectivity index (χ4v) is 4.52. The quantitative estimate of drug-likeness (QED) is 0.292. The van der Waals surface area contributed by atoms with E-state index in [0.717, 1.165) is 15.4 Å². The summed E-state index contributed by atoms with van der Waals surface area (Å²) in [6.45, 7) is 1.93. The van der Waals surface area contributed by atoms with E-state index >= 15 is 0 Å². The van der Waals surface area contributed by atoms with Gasteiger partial charge in [-0.25, -0.2) is 12.7 Å². The van der Waals surface area contributed by atoms with Gasteiger partial charge in [0, 0.05) is 23.8 Å². The van der Waals surface area contributed by atoms with E-state index in [1.165, 1.54) is 30.3 Å². The van der Waals surface area contributed by atoms with E-state index in [0.29, 0.717) is 11.3 Å². The molecular weight excluding hydrogens is 430 g/mol. The zero-order valence-corrected chi connectivity index (χ0v) is 17.9. The number of aryl methyl sites for hydroxylation is 1. The number of aromatic nitrogens is 1. The van der Waals surface area contributed by atoms with Gasteiger partial charge in [0.05, 0.1) is 16.4 Å². The molecule has 0 saturated carbocycles. The van der Waals surface area contributed by atoms with Gasteiger partial charge in [-0.3, -0.25) is 10.1 Å². The maximum absolute atomic E-state index is 13.5. The summed E-state index contributed by atoms with van der Waals surface area (Å²) in [5.74, 6) is 0.0442. The third kappa shape index (κ3) is 4.37. The van der Waals surface area contributed by atoms with Gasteiger partial charge in [-0.1, -0.05) is 53.2 Å². The molecule has 0 atom stereocenters. The van der Waals surface area contributed by atoms with E-state index in [4.69, 9.17) is 4.52 Å². The van der Waals surface area contributed by atoms with Crippen molar-refractivity contribution in [1.82, 2.24) is 5.16 Å². The number of sulfonamides is 1. The molecule has 0 amide bonds. The molecule has 3 aromatic carbocycles. The van der Waals surface area contributed by atoms with Crippen molar-refractivity contribution in [3.8, 4) is 11.3 Å². The lowest BCUT2D eigenvalue weighted by Crippen LogP contribution is -2.30. The summed E-state index contributed by atoms with van der Waals surface area (Å²) < 4.78 is 33.5. The molecule has 162 valence electrons. The van der Waals surface area contributed by atoms with E-state index in [2.05, 4.69) is 5.16 Å². The number of benzene rings is 3. The first-order chi connectivity index (χ1) is 15.3. The molecule has 0 fully saturated rings. The van der Waals surface area contributed by atoms with Crippen LogP contribution in [0.2, 0.25) is 0 Å². The molecule has 9 heteroatoms. The van der Waals surface area contributed by atoms with Crippen molar-refractivity contribution < 1.29 is 17.9 Å². The van der Waals surface area contributed by atoms with Crippen LogP contribution in [0.25, 0.3) is 11.3 Å². The minimum absolute atomic E-state index is 0.0442. The fraction of sp³-hybridized carbons (Fsp3) is 0.0870. The average molecular weight is 449 g/mol. The van der Waals surface area contributed by atoms with Crippen LogP contribution in [0.5, 0.6) is 0 Å². The molecule has 0 spiro atoms. The number of hydrogen-bond acceptors (Lipinski definition) is 6. The van der Waals surface area contributed by atoms with Crippen molar-refractivity contribution in [3.63, 3.8) is 0 Å². The zero-order chi connectivity index (χ0) is 22.7. The van der Waals surface area contributed by atoms with Crippen LogP contribution in [0.15, 0.2) is 94.3 Å². The molecule has 4 aromatic rings. The molecule has 0 aliphatic carbocycles. The van der Waals surface area contributed by atoms with Crippen molar-refractivity contribution in [3.05, 3.63) is 106 Å². The van der Waals surface area contributed by atoms with Crippen LogP contribution in [0.3, 0.4) is 0 Å². The van der Waals surface area contributed by atoms with Crippen molar-refractivity contribution in [2.24, 2.45) is 0 Å². The minimum Gasteiger partial charge on any atom is -0.337 e. The standard InChI is InChI=1S/C23H19N3O5S/c1-17-7-13-21(14-8-17)32(29,30)25(16-18-5-3-2-4-6-18)23-15-22(24-31-23)19-9-11-20(12-10-19)26(27)28/h2-15H,16H2,1H3. The first-order valence-corrected chi connectivity index (χ1v) is 11.1. The molecule has 4 rings (SSSR count). The minimum atomic E-state index is -3.95. The largest absolute Gasteiger partial charge is 0.337 e. The maximum Gasteiger partial charge on any atom is 0.269 e. The number of nitrogens with zero attached hydrogens (tertiary/aromatic N) is 3. The molecule has 8 nitrogen and oxygen atoms in total. The molecular formula is C23H19N3O5S. The first-order valence-electron chi connectivity index (χ1n) is 9.69. The molecule has 1 aromatic heterocycles. The van der Waals surface area contributed by atoms with Crippen LogP contribution < -0.4 is 4.31 Å². The second-order valence-corrected chi connectivity index (χ2v) is 9.03. The summed E-state index contributed by atoms with van der Waals surface area (Å²) in [5, 5.41) is 14.9. The Hall–Kier alpha value is -3.98. The number of hydrogen-bond donors (Lipinski definition) is 0. The predicted octanol–water partition coefficient (Wildman–Crippen LogP) is 4.95. The summed E-state index contributed by atoms with van der Waals surface area (Å²) in [6.07, 6.45) is 0. The van der Waals surface area contributed by atoms with Crippen molar-refractivity contribution in [1.29, 1.82) is 0 Å². The van der Waals surface area contributed by atoms with Crippen LogP contribution in [0, 0.1) is 17.0 Å². The first kappa shape index (κ1) is 21.3. The normalized spacial score (nSPS) is 11.3. The molecule has 0 unspecified atom stereocenters. The van der Waals surface area contributed by atoms with Crippen LogP contribution in [-0.2, 0) is 16.6 Å². The summed E-state index contributed by atoms with van der Waals surface area (Å²) in [4.78, 5) is 10.5. The van der Waals surface area contributed by atoms with Crippen LogP contribution in [-0.4, -0.2) is 18.5 Å². The molecule has 0 saturated heterocycles. The highest BCUT2D eigenvalue weighted by molar-refractivity contribution is 7.92. The number of nitro groups is 1. The predicted molar refractivity (Wildman–Crippen MR) is 120 cm³/mol. The molecule has 1 heterocycles. The Labute approximate surface area is 184 Å². The summed E-state index contributed by atoms with van der Waals surface area (Å²) >= 11 is 0. The highest BCUT2D eigenvalue weighted by Gasteiger charge is 2.28. The number of anilines is 1. The Kier molecular flexibility index (Phi) is 5.74.